The van der Waals surface area contributed by atoms with Crippen LogP contribution in [0.3, 0.4) is 0 Å². The van der Waals surface area contributed by atoms with Crippen LogP contribution in [0.2, 0.25) is 0 Å². The highest BCUT2D eigenvalue weighted by atomic mass is 16.5. The summed E-state index contributed by atoms with van der Waals surface area (Å²) in [6.07, 6.45) is 1.91. The Kier molecular flexibility index (Phi) is 4.24. The van der Waals surface area contributed by atoms with E-state index in [-0.39, 0.29) is 18.4 Å². The number of hydrogen-bond donors (Lipinski definition) is 1. The maximum Gasteiger partial charge on any atom is 0.307 e. The van der Waals surface area contributed by atoms with Crippen molar-refractivity contribution in [1.82, 2.24) is 4.98 Å². The zero-order valence-corrected chi connectivity index (χ0v) is 9.06. The molecule has 4 heteroatoms. The molecular weight excluding hydrogens is 192 g/mol. The Balaban J connectivity index is 2.57. The van der Waals surface area contributed by atoms with E-state index in [1.807, 2.05) is 19.1 Å². The molecule has 0 fully saturated rings. The first kappa shape index (κ1) is 11.7. The van der Waals surface area contributed by atoms with Gasteiger partial charge in [-0.3, -0.25) is 9.78 Å². The summed E-state index contributed by atoms with van der Waals surface area (Å²) in [5.41, 5.74) is 7.60. The van der Waals surface area contributed by atoms with Gasteiger partial charge in [-0.15, -0.1) is 0 Å². The second-order valence-corrected chi connectivity index (χ2v) is 3.38. The van der Waals surface area contributed by atoms with E-state index < -0.39 is 0 Å². The number of nitrogens with two attached hydrogens (primary N) is 1. The Morgan fingerprint density at radius 1 is 1.60 bits per heavy atom. The van der Waals surface area contributed by atoms with Crippen molar-refractivity contribution in [3.63, 3.8) is 0 Å². The minimum absolute atomic E-state index is 0.171. The van der Waals surface area contributed by atoms with Gasteiger partial charge in [-0.05, 0) is 25.5 Å². The maximum atomic E-state index is 11.2. The Morgan fingerprint density at radius 2 is 2.33 bits per heavy atom. The zero-order valence-electron chi connectivity index (χ0n) is 9.06. The Bertz CT molecular complexity index is 322. The Labute approximate surface area is 89.5 Å². The van der Waals surface area contributed by atoms with Crippen LogP contribution < -0.4 is 5.73 Å². The van der Waals surface area contributed by atoms with Crippen LogP contribution in [-0.4, -0.2) is 17.6 Å². The van der Waals surface area contributed by atoms with Crippen molar-refractivity contribution < 1.29 is 9.53 Å². The van der Waals surface area contributed by atoms with Gasteiger partial charge in [0.1, 0.15) is 0 Å². The lowest BCUT2D eigenvalue weighted by molar-refractivity contribution is -0.143. The summed E-state index contributed by atoms with van der Waals surface area (Å²) in [5, 5.41) is 0. The van der Waals surface area contributed by atoms with Crippen LogP contribution in [0.25, 0.3) is 0 Å². The largest absolute Gasteiger partial charge is 0.466 e. The number of ether oxygens (including phenoxy) is 1. The molecule has 0 spiro atoms. The average Bonchev–Trinajstić information content (AvgIpc) is 2.18. The molecule has 0 unspecified atom stereocenters. The summed E-state index contributed by atoms with van der Waals surface area (Å²) in [6.45, 7) is 4.11. The van der Waals surface area contributed by atoms with E-state index in [1.165, 1.54) is 0 Å². The van der Waals surface area contributed by atoms with Crippen LogP contribution in [-0.2, 0) is 9.53 Å². The summed E-state index contributed by atoms with van der Waals surface area (Å²) in [5.74, 6) is -0.285. The highest BCUT2D eigenvalue weighted by Crippen LogP contribution is 2.12. The standard InChI is InChI=1S/C11H16N2O2/c1-3-15-11(14)6-9(12)10-5-4-8(2)7-13-10/h4-5,7,9H,3,6,12H2,1-2H3/t9-/m1/s1. The SMILES string of the molecule is CCOC(=O)C[C@@H](N)c1ccc(C)cn1. The lowest BCUT2D eigenvalue weighted by atomic mass is 10.1. The summed E-state index contributed by atoms with van der Waals surface area (Å²) in [6, 6.07) is 3.37. The molecule has 1 aromatic rings. The summed E-state index contributed by atoms with van der Waals surface area (Å²) in [7, 11) is 0. The lowest BCUT2D eigenvalue weighted by Crippen LogP contribution is -2.18. The molecule has 0 amide bonds. The minimum atomic E-state index is -0.385. The topological polar surface area (TPSA) is 65.2 Å². The van der Waals surface area contributed by atoms with Gasteiger partial charge in [-0.1, -0.05) is 6.07 Å². The second-order valence-electron chi connectivity index (χ2n) is 3.38. The maximum absolute atomic E-state index is 11.2. The van der Waals surface area contributed by atoms with Gasteiger partial charge in [0.25, 0.3) is 0 Å². The van der Waals surface area contributed by atoms with Gasteiger partial charge in [0.05, 0.1) is 24.8 Å². The number of hydrogen-bond acceptors (Lipinski definition) is 4. The number of carbonyl (C=O) groups excluding carboxylic acids is 1. The number of nitrogens with zero attached hydrogens (tertiary/aromatic N) is 1. The van der Waals surface area contributed by atoms with Gasteiger partial charge in [-0.25, -0.2) is 0 Å². The van der Waals surface area contributed by atoms with Crippen molar-refractivity contribution in [1.29, 1.82) is 0 Å². The molecule has 1 heterocycles. The van der Waals surface area contributed by atoms with E-state index in [1.54, 1.807) is 13.1 Å². The molecule has 0 radical (unpaired) electrons. The molecule has 15 heavy (non-hydrogen) atoms. The van der Waals surface area contributed by atoms with E-state index in [0.717, 1.165) is 5.56 Å². The normalized spacial score (nSPS) is 12.2. The van der Waals surface area contributed by atoms with Crippen LogP contribution >= 0.6 is 0 Å². The third-order valence-corrected chi connectivity index (χ3v) is 2.01. The van der Waals surface area contributed by atoms with E-state index in [0.29, 0.717) is 12.3 Å². The number of pyridine rings is 1. The predicted octanol–water partition coefficient (Wildman–Crippen LogP) is 1.34. The second kappa shape index (κ2) is 5.46. The molecule has 4 nitrogen and oxygen atoms in total. The van der Waals surface area contributed by atoms with Gasteiger partial charge in [-0.2, -0.15) is 0 Å². The molecule has 1 atom stereocenters. The number of esters is 1. The van der Waals surface area contributed by atoms with E-state index in [9.17, 15) is 4.79 Å². The number of aryl methyl sites for hydroxylation is 1. The lowest BCUT2D eigenvalue weighted by Gasteiger charge is -2.10. The van der Waals surface area contributed by atoms with E-state index in [4.69, 9.17) is 10.5 Å². The first-order chi connectivity index (χ1) is 7.13. The average molecular weight is 208 g/mol. The smallest absolute Gasteiger partial charge is 0.307 e. The number of rotatable bonds is 4. The number of aromatic nitrogens is 1. The molecule has 0 aliphatic rings. The highest BCUT2D eigenvalue weighted by Gasteiger charge is 2.13. The van der Waals surface area contributed by atoms with Gasteiger partial charge >= 0.3 is 5.97 Å². The van der Waals surface area contributed by atoms with E-state index in [2.05, 4.69) is 4.98 Å². The molecular formula is C11H16N2O2. The third kappa shape index (κ3) is 3.67. The fraction of sp³-hybridized carbons (Fsp3) is 0.455. The van der Waals surface area contributed by atoms with Crippen LogP contribution in [0, 0.1) is 6.92 Å². The summed E-state index contributed by atoms with van der Waals surface area (Å²) >= 11 is 0. The first-order valence-corrected chi connectivity index (χ1v) is 4.97. The van der Waals surface area contributed by atoms with Crippen LogP contribution in [0.1, 0.15) is 30.6 Å². The van der Waals surface area contributed by atoms with Crippen molar-refractivity contribution >= 4 is 5.97 Å². The number of carbonyl (C=O) groups is 1. The monoisotopic (exact) mass is 208 g/mol. The van der Waals surface area contributed by atoms with Crippen molar-refractivity contribution in [2.75, 3.05) is 6.61 Å². The summed E-state index contributed by atoms with van der Waals surface area (Å²) < 4.78 is 4.81. The molecule has 2 N–H and O–H groups in total. The van der Waals surface area contributed by atoms with Crippen LogP contribution in [0.15, 0.2) is 18.3 Å². The predicted molar refractivity (Wildman–Crippen MR) is 57.2 cm³/mol. The molecule has 0 bridgehead atoms. The van der Waals surface area contributed by atoms with Crippen molar-refractivity contribution in [3.8, 4) is 0 Å². The molecule has 0 aliphatic heterocycles. The fourth-order valence-corrected chi connectivity index (χ4v) is 1.20. The molecule has 1 rings (SSSR count). The zero-order chi connectivity index (χ0) is 11.3. The van der Waals surface area contributed by atoms with Gasteiger partial charge < -0.3 is 10.5 Å². The molecule has 0 aliphatic carbocycles. The Morgan fingerprint density at radius 3 is 2.87 bits per heavy atom. The molecule has 1 aromatic heterocycles. The molecule has 0 saturated carbocycles. The summed E-state index contributed by atoms with van der Waals surface area (Å²) in [4.78, 5) is 15.3. The van der Waals surface area contributed by atoms with Crippen LogP contribution in [0.4, 0.5) is 0 Å². The molecule has 82 valence electrons. The quantitative estimate of drug-likeness (QED) is 0.758. The Hall–Kier alpha value is -1.42. The fourth-order valence-electron chi connectivity index (χ4n) is 1.20. The van der Waals surface area contributed by atoms with Gasteiger partial charge in [0.2, 0.25) is 0 Å². The van der Waals surface area contributed by atoms with E-state index >= 15 is 0 Å². The van der Waals surface area contributed by atoms with Gasteiger partial charge in [0.15, 0.2) is 0 Å². The highest BCUT2D eigenvalue weighted by molar-refractivity contribution is 5.70. The molecule has 0 saturated heterocycles. The van der Waals surface area contributed by atoms with Gasteiger partial charge in [0, 0.05) is 6.20 Å². The van der Waals surface area contributed by atoms with Crippen LogP contribution in [0.5, 0.6) is 0 Å². The molecule has 0 aromatic carbocycles. The third-order valence-electron chi connectivity index (χ3n) is 2.01. The van der Waals surface area contributed by atoms with Crippen molar-refractivity contribution in [2.24, 2.45) is 5.73 Å². The van der Waals surface area contributed by atoms with Crippen molar-refractivity contribution in [3.05, 3.63) is 29.6 Å². The van der Waals surface area contributed by atoms with Crippen molar-refractivity contribution in [2.45, 2.75) is 26.3 Å². The first-order valence-electron chi connectivity index (χ1n) is 4.97. The minimum Gasteiger partial charge on any atom is -0.466 e.